The number of hydrogen-bond acceptors (Lipinski definition) is 3. The predicted molar refractivity (Wildman–Crippen MR) is 108 cm³/mol. The first kappa shape index (κ1) is 18.1. The van der Waals surface area contributed by atoms with Crippen LogP contribution >= 0.6 is 0 Å². The molecular weight excluding hydrogens is 336 g/mol. The molecule has 0 unspecified atom stereocenters. The summed E-state index contributed by atoms with van der Waals surface area (Å²) < 4.78 is 5.34. The number of hydrogen-bond donors (Lipinski definition) is 1. The second-order valence-corrected chi connectivity index (χ2v) is 7.61. The number of benzene rings is 2. The summed E-state index contributed by atoms with van der Waals surface area (Å²) in [6.45, 7) is 1.98. The molecule has 2 aliphatic rings. The van der Waals surface area contributed by atoms with E-state index in [4.69, 9.17) is 4.74 Å². The molecule has 0 spiro atoms. The molecule has 1 saturated heterocycles. The summed E-state index contributed by atoms with van der Waals surface area (Å²) in [4.78, 5) is 15.3. The number of fused-ring (bicyclic) bond motifs is 1. The standard InChI is InChI=1S/C23H28N2O2/c1-27-22-12-5-4-10-20(22)24-23(26)18-13-15-25(16-14-18)21-11-6-8-17-7-2-3-9-19(17)21/h2-5,7,9-10,12,18,21H,6,8,11,13-16H2,1H3,(H,24,26)/t21-/m1/s1. The Morgan fingerprint density at radius 3 is 2.59 bits per heavy atom. The highest BCUT2D eigenvalue weighted by Crippen LogP contribution is 2.36. The van der Waals surface area contributed by atoms with Crippen LogP contribution in [0.3, 0.4) is 0 Å². The van der Waals surface area contributed by atoms with Crippen LogP contribution in [0.15, 0.2) is 48.5 Å². The van der Waals surface area contributed by atoms with Crippen molar-refractivity contribution in [2.45, 2.75) is 38.1 Å². The van der Waals surface area contributed by atoms with Crippen molar-refractivity contribution in [1.29, 1.82) is 0 Å². The second kappa shape index (κ2) is 8.13. The van der Waals surface area contributed by atoms with Crippen LogP contribution < -0.4 is 10.1 Å². The van der Waals surface area contributed by atoms with E-state index in [1.165, 1.54) is 30.4 Å². The van der Waals surface area contributed by atoms with Gasteiger partial charge in [0, 0.05) is 12.0 Å². The van der Waals surface area contributed by atoms with Gasteiger partial charge in [0.05, 0.1) is 12.8 Å². The lowest BCUT2D eigenvalue weighted by molar-refractivity contribution is -0.121. The molecule has 1 aliphatic heterocycles. The first-order valence-electron chi connectivity index (χ1n) is 10.0. The largest absolute Gasteiger partial charge is 0.495 e. The molecule has 1 fully saturated rings. The van der Waals surface area contributed by atoms with E-state index in [1.54, 1.807) is 7.11 Å². The molecule has 4 nitrogen and oxygen atoms in total. The van der Waals surface area contributed by atoms with Crippen LogP contribution in [0.25, 0.3) is 0 Å². The summed E-state index contributed by atoms with van der Waals surface area (Å²) in [5.74, 6) is 0.898. The maximum Gasteiger partial charge on any atom is 0.227 e. The molecule has 27 heavy (non-hydrogen) atoms. The number of para-hydroxylation sites is 2. The first-order valence-corrected chi connectivity index (χ1v) is 10.0. The molecule has 1 heterocycles. The molecule has 0 radical (unpaired) electrons. The lowest BCUT2D eigenvalue weighted by Gasteiger charge is -2.40. The van der Waals surface area contributed by atoms with Gasteiger partial charge in [0.2, 0.25) is 5.91 Å². The molecule has 0 saturated carbocycles. The van der Waals surface area contributed by atoms with Gasteiger partial charge >= 0.3 is 0 Å². The average molecular weight is 364 g/mol. The van der Waals surface area contributed by atoms with Gasteiger partial charge in [0.1, 0.15) is 5.75 Å². The molecule has 1 amide bonds. The van der Waals surface area contributed by atoms with Crippen LogP contribution in [-0.4, -0.2) is 31.0 Å². The van der Waals surface area contributed by atoms with Crippen LogP contribution in [-0.2, 0) is 11.2 Å². The number of likely N-dealkylation sites (tertiary alicyclic amines) is 1. The summed E-state index contributed by atoms with van der Waals surface area (Å²) in [5, 5.41) is 3.06. The lowest BCUT2D eigenvalue weighted by atomic mass is 9.85. The van der Waals surface area contributed by atoms with Gasteiger partial charge < -0.3 is 10.1 Å². The van der Waals surface area contributed by atoms with E-state index in [9.17, 15) is 4.79 Å². The maximum atomic E-state index is 12.7. The van der Waals surface area contributed by atoms with Crippen LogP contribution in [0.1, 0.15) is 42.9 Å². The van der Waals surface area contributed by atoms with Crippen LogP contribution in [0.4, 0.5) is 5.69 Å². The Kier molecular flexibility index (Phi) is 5.44. The molecule has 142 valence electrons. The highest BCUT2D eigenvalue weighted by molar-refractivity contribution is 5.94. The van der Waals surface area contributed by atoms with Crippen molar-refractivity contribution in [2.75, 3.05) is 25.5 Å². The SMILES string of the molecule is COc1ccccc1NC(=O)C1CCN([C@@H]2CCCc3ccccc32)CC1. The smallest absolute Gasteiger partial charge is 0.227 e. The van der Waals surface area contributed by atoms with Crippen LogP contribution in [0.2, 0.25) is 0 Å². The number of methoxy groups -OCH3 is 1. The molecule has 0 bridgehead atoms. The van der Waals surface area contributed by atoms with E-state index in [1.807, 2.05) is 24.3 Å². The molecule has 2 aromatic rings. The van der Waals surface area contributed by atoms with E-state index >= 15 is 0 Å². The Bertz CT molecular complexity index is 796. The number of carbonyl (C=O) groups is 1. The fourth-order valence-corrected chi connectivity index (χ4v) is 4.56. The van der Waals surface area contributed by atoms with Crippen molar-refractivity contribution in [3.63, 3.8) is 0 Å². The fraction of sp³-hybridized carbons (Fsp3) is 0.435. The zero-order valence-electron chi connectivity index (χ0n) is 16.0. The van der Waals surface area contributed by atoms with Gasteiger partial charge in [-0.15, -0.1) is 0 Å². The van der Waals surface area contributed by atoms with Crippen molar-refractivity contribution in [2.24, 2.45) is 5.92 Å². The van der Waals surface area contributed by atoms with Crippen molar-refractivity contribution < 1.29 is 9.53 Å². The minimum atomic E-state index is 0.0741. The molecule has 1 aliphatic carbocycles. The van der Waals surface area contributed by atoms with Crippen molar-refractivity contribution in [3.05, 3.63) is 59.7 Å². The van der Waals surface area contributed by atoms with Gasteiger partial charge in [-0.25, -0.2) is 0 Å². The molecular formula is C23H28N2O2. The van der Waals surface area contributed by atoms with Gasteiger partial charge in [-0.2, -0.15) is 0 Å². The molecule has 2 aromatic carbocycles. The van der Waals surface area contributed by atoms with E-state index in [0.717, 1.165) is 31.6 Å². The normalized spacial score (nSPS) is 20.7. The number of piperidine rings is 1. The molecule has 4 heteroatoms. The van der Waals surface area contributed by atoms with Gasteiger partial charge in [-0.1, -0.05) is 36.4 Å². The Morgan fingerprint density at radius 1 is 1.04 bits per heavy atom. The Morgan fingerprint density at radius 2 is 1.78 bits per heavy atom. The van der Waals surface area contributed by atoms with Gasteiger partial charge in [0.25, 0.3) is 0 Å². The second-order valence-electron chi connectivity index (χ2n) is 7.61. The van der Waals surface area contributed by atoms with Crippen LogP contribution in [0.5, 0.6) is 5.75 Å². The molecule has 1 N–H and O–H groups in total. The van der Waals surface area contributed by atoms with Crippen molar-refractivity contribution in [3.8, 4) is 5.75 Å². The Labute approximate surface area is 161 Å². The van der Waals surface area contributed by atoms with Gasteiger partial charge in [-0.05, 0) is 68.5 Å². The Hall–Kier alpha value is -2.33. The minimum Gasteiger partial charge on any atom is -0.495 e. The predicted octanol–water partition coefficient (Wildman–Crippen LogP) is 4.42. The topological polar surface area (TPSA) is 41.6 Å². The van der Waals surface area contributed by atoms with E-state index in [-0.39, 0.29) is 11.8 Å². The van der Waals surface area contributed by atoms with Gasteiger partial charge in [0.15, 0.2) is 0 Å². The summed E-state index contributed by atoms with van der Waals surface area (Å²) in [6.07, 6.45) is 5.52. The highest BCUT2D eigenvalue weighted by atomic mass is 16.5. The highest BCUT2D eigenvalue weighted by Gasteiger charge is 2.31. The average Bonchev–Trinajstić information content (AvgIpc) is 2.74. The third-order valence-electron chi connectivity index (χ3n) is 6.04. The van der Waals surface area contributed by atoms with Crippen molar-refractivity contribution >= 4 is 11.6 Å². The number of amides is 1. The zero-order valence-corrected chi connectivity index (χ0v) is 16.0. The lowest BCUT2D eigenvalue weighted by Crippen LogP contribution is -2.41. The number of carbonyl (C=O) groups excluding carboxylic acids is 1. The molecule has 4 rings (SSSR count). The summed E-state index contributed by atoms with van der Waals surface area (Å²) >= 11 is 0. The fourth-order valence-electron chi connectivity index (χ4n) is 4.56. The number of nitrogens with zero attached hydrogens (tertiary/aromatic N) is 1. The zero-order chi connectivity index (χ0) is 18.6. The quantitative estimate of drug-likeness (QED) is 0.873. The number of nitrogens with one attached hydrogen (secondary N) is 1. The summed E-state index contributed by atoms with van der Waals surface area (Å²) in [7, 11) is 1.63. The minimum absolute atomic E-state index is 0.0741. The number of ether oxygens (including phenoxy) is 1. The Balaban J connectivity index is 1.37. The number of rotatable bonds is 4. The van der Waals surface area contributed by atoms with E-state index < -0.39 is 0 Å². The van der Waals surface area contributed by atoms with Crippen molar-refractivity contribution in [1.82, 2.24) is 4.90 Å². The maximum absolute atomic E-state index is 12.7. The van der Waals surface area contributed by atoms with E-state index in [2.05, 4.69) is 34.5 Å². The first-order chi connectivity index (χ1) is 13.3. The number of anilines is 1. The molecule has 0 aromatic heterocycles. The van der Waals surface area contributed by atoms with Gasteiger partial charge in [-0.3, -0.25) is 9.69 Å². The number of aryl methyl sites for hydroxylation is 1. The summed E-state index contributed by atoms with van der Waals surface area (Å²) in [6, 6.07) is 17.0. The third-order valence-corrected chi connectivity index (χ3v) is 6.04. The van der Waals surface area contributed by atoms with Crippen LogP contribution in [0, 0.1) is 5.92 Å². The monoisotopic (exact) mass is 364 g/mol. The molecule has 1 atom stereocenters. The van der Waals surface area contributed by atoms with E-state index in [0.29, 0.717) is 11.8 Å². The third kappa shape index (κ3) is 3.86. The summed E-state index contributed by atoms with van der Waals surface area (Å²) in [5.41, 5.74) is 3.76.